The molecule has 67 heavy (non-hydrogen) atoms. The Morgan fingerprint density at radius 1 is 0.388 bits per heavy atom. The van der Waals surface area contributed by atoms with Gasteiger partial charge in [-0.25, -0.2) is 4.79 Å². The third kappa shape index (κ3) is 42.1. The Kier molecular flexibility index (Phi) is 46.7. The number of unbranched alkanes of at least 4 members (excludes halogenated alkanes) is 10. The van der Waals surface area contributed by atoms with Crippen molar-refractivity contribution in [1.29, 1.82) is 0 Å². The van der Waals surface area contributed by atoms with Crippen LogP contribution >= 0.6 is 0 Å². The van der Waals surface area contributed by atoms with Crippen LogP contribution in [0.1, 0.15) is 214 Å². The fourth-order valence-electron chi connectivity index (χ4n) is 8.15. The molecule has 0 saturated heterocycles. The van der Waals surface area contributed by atoms with Gasteiger partial charge in [-0.15, -0.1) is 0 Å². The van der Waals surface area contributed by atoms with Gasteiger partial charge in [0.25, 0.3) is 0 Å². The maximum atomic E-state index is 12.7. The first kappa shape index (κ1) is 64.5. The number of carbonyl (C=O) groups is 4. The van der Waals surface area contributed by atoms with E-state index in [0.29, 0.717) is 103 Å². The van der Waals surface area contributed by atoms with Crippen LogP contribution in [0, 0.1) is 17.8 Å². The lowest BCUT2D eigenvalue weighted by molar-refractivity contribution is -0.163. The van der Waals surface area contributed by atoms with E-state index in [9.17, 15) is 29.4 Å². The number of aliphatic hydroxyl groups is 2. The zero-order valence-corrected chi connectivity index (χ0v) is 43.4. The molecule has 0 bridgehead atoms. The van der Waals surface area contributed by atoms with Crippen molar-refractivity contribution < 1.29 is 62.5 Å². The van der Waals surface area contributed by atoms with Crippen molar-refractivity contribution in [1.82, 2.24) is 4.90 Å². The average Bonchev–Trinajstić information content (AvgIpc) is 3.31. The quantitative estimate of drug-likeness (QED) is 0.0255. The number of ether oxygens (including phenoxy) is 7. The fraction of sp³-hybridized carbons (Fsp3) is 0.925. The Hall–Kier alpha value is -2.52. The summed E-state index contributed by atoms with van der Waals surface area (Å²) in [7, 11) is 0. The topological polar surface area (TPSA) is 177 Å². The molecule has 14 nitrogen and oxygen atoms in total. The van der Waals surface area contributed by atoms with Gasteiger partial charge in [-0.05, 0) is 102 Å². The van der Waals surface area contributed by atoms with Crippen LogP contribution in [-0.2, 0) is 47.5 Å². The minimum Gasteiger partial charge on any atom is -0.466 e. The maximum absolute atomic E-state index is 12.7. The summed E-state index contributed by atoms with van der Waals surface area (Å²) < 4.78 is 39.9. The van der Waals surface area contributed by atoms with Crippen LogP contribution in [0.2, 0.25) is 0 Å². The van der Waals surface area contributed by atoms with Crippen LogP contribution in [0.15, 0.2) is 0 Å². The van der Waals surface area contributed by atoms with Crippen molar-refractivity contribution >= 4 is 24.1 Å². The van der Waals surface area contributed by atoms with Crippen molar-refractivity contribution in [2.24, 2.45) is 17.8 Å². The van der Waals surface area contributed by atoms with Gasteiger partial charge in [0.15, 0.2) is 6.29 Å². The van der Waals surface area contributed by atoms with Crippen molar-refractivity contribution in [3.63, 3.8) is 0 Å². The largest absolute Gasteiger partial charge is 0.508 e. The van der Waals surface area contributed by atoms with E-state index in [1.165, 1.54) is 19.3 Å². The normalized spacial score (nSPS) is 12.0. The molecule has 0 aliphatic heterocycles. The summed E-state index contributed by atoms with van der Waals surface area (Å²) in [5.74, 6) is 0.152. The fourth-order valence-corrected chi connectivity index (χ4v) is 8.15. The molecular formula is C53H101NO13. The van der Waals surface area contributed by atoms with Gasteiger partial charge >= 0.3 is 24.1 Å². The lowest BCUT2D eigenvalue weighted by atomic mass is 9.99. The smallest absolute Gasteiger partial charge is 0.466 e. The SMILES string of the molecule is CCCCCCCOC(=O)CCCCCCCC(=O)OCC(CCCCOC(=O)CCCCC(OCC(CCC)CCC)OCC(CCC)CCC)COC(=O)OCCCN(CCO)CCO. The number of hydrogen-bond donors (Lipinski definition) is 2. The van der Waals surface area contributed by atoms with Crippen molar-refractivity contribution in [2.45, 2.75) is 221 Å². The first-order chi connectivity index (χ1) is 32.6. The molecule has 0 aromatic carbocycles. The van der Waals surface area contributed by atoms with E-state index in [0.717, 1.165) is 103 Å². The first-order valence-corrected chi connectivity index (χ1v) is 27.1. The maximum Gasteiger partial charge on any atom is 0.508 e. The van der Waals surface area contributed by atoms with E-state index >= 15 is 0 Å². The van der Waals surface area contributed by atoms with Crippen molar-refractivity contribution in [2.75, 3.05) is 79.1 Å². The van der Waals surface area contributed by atoms with Crippen LogP contribution in [0.5, 0.6) is 0 Å². The van der Waals surface area contributed by atoms with E-state index in [1.54, 1.807) is 0 Å². The molecule has 0 heterocycles. The molecule has 0 radical (unpaired) electrons. The van der Waals surface area contributed by atoms with Crippen molar-refractivity contribution in [3.8, 4) is 0 Å². The molecule has 396 valence electrons. The van der Waals surface area contributed by atoms with Crippen LogP contribution in [0.4, 0.5) is 4.79 Å². The summed E-state index contributed by atoms with van der Waals surface area (Å²) in [4.78, 5) is 51.6. The first-order valence-electron chi connectivity index (χ1n) is 27.1. The minimum absolute atomic E-state index is 0.0124. The number of nitrogens with zero attached hydrogens (tertiary/aromatic N) is 1. The third-order valence-electron chi connectivity index (χ3n) is 12.0. The van der Waals surface area contributed by atoms with E-state index in [2.05, 4.69) is 34.6 Å². The summed E-state index contributed by atoms with van der Waals surface area (Å²) in [6, 6.07) is 0. The van der Waals surface area contributed by atoms with Gasteiger partial charge in [-0.3, -0.25) is 19.3 Å². The van der Waals surface area contributed by atoms with Crippen LogP contribution in [0.3, 0.4) is 0 Å². The van der Waals surface area contributed by atoms with Crippen LogP contribution in [0.25, 0.3) is 0 Å². The summed E-state index contributed by atoms with van der Waals surface area (Å²) >= 11 is 0. The number of hydrogen-bond acceptors (Lipinski definition) is 14. The Bertz CT molecular complexity index is 1110. The zero-order valence-electron chi connectivity index (χ0n) is 43.4. The molecule has 2 N–H and O–H groups in total. The highest BCUT2D eigenvalue weighted by atomic mass is 16.7. The van der Waals surface area contributed by atoms with E-state index in [-0.39, 0.29) is 76.2 Å². The van der Waals surface area contributed by atoms with E-state index < -0.39 is 6.16 Å². The second-order valence-electron chi connectivity index (χ2n) is 18.4. The molecule has 1 atom stereocenters. The molecule has 0 aromatic rings. The van der Waals surface area contributed by atoms with Gasteiger partial charge in [-0.2, -0.15) is 0 Å². The van der Waals surface area contributed by atoms with Crippen LogP contribution < -0.4 is 0 Å². The predicted molar refractivity (Wildman–Crippen MR) is 265 cm³/mol. The monoisotopic (exact) mass is 960 g/mol. The Labute approximate surface area is 408 Å². The number of carbonyl (C=O) groups excluding carboxylic acids is 4. The zero-order chi connectivity index (χ0) is 49.4. The average molecular weight is 960 g/mol. The predicted octanol–water partition coefficient (Wildman–Crippen LogP) is 11.3. The van der Waals surface area contributed by atoms with Gasteiger partial charge in [-0.1, -0.05) is 105 Å². The summed E-state index contributed by atoms with van der Waals surface area (Å²) in [5.41, 5.74) is 0. The molecule has 0 rings (SSSR count). The standard InChI is InChI=1S/C53H101NO13/c1-6-11-12-16-22-39-61-49(57)30-17-14-13-15-18-31-51(59)64-44-48(45-67-53(60)63-41-24-34-54(35-37-55)36-38-56)29-21-23-40-62-50(58)32-19-20-33-52(65-42-46(25-7-2)26-8-3)66-43-47(27-9-4)28-10-5/h46-48,52,55-56H,6-45H2,1-5H3. The van der Waals surface area contributed by atoms with Gasteiger partial charge in [0.1, 0.15) is 6.61 Å². The molecule has 0 fully saturated rings. The molecule has 0 aromatic heterocycles. The highest BCUT2D eigenvalue weighted by molar-refractivity contribution is 5.70. The molecule has 0 spiro atoms. The number of rotatable bonds is 50. The van der Waals surface area contributed by atoms with Gasteiger partial charge in [0.05, 0.1) is 52.9 Å². The summed E-state index contributed by atoms with van der Waals surface area (Å²) in [6.45, 7) is 14.8. The third-order valence-corrected chi connectivity index (χ3v) is 12.0. The van der Waals surface area contributed by atoms with E-state index in [1.807, 2.05) is 4.90 Å². The number of esters is 3. The summed E-state index contributed by atoms with van der Waals surface area (Å²) in [6.07, 6.45) is 23.6. The summed E-state index contributed by atoms with van der Waals surface area (Å²) in [5, 5.41) is 18.4. The van der Waals surface area contributed by atoms with Gasteiger partial charge < -0.3 is 43.4 Å². The highest BCUT2D eigenvalue weighted by Gasteiger charge is 2.19. The molecule has 0 saturated carbocycles. The second kappa shape index (κ2) is 48.5. The number of aliphatic hydroxyl groups excluding tert-OH is 2. The Morgan fingerprint density at radius 2 is 0.821 bits per heavy atom. The Balaban J connectivity index is 4.83. The van der Waals surface area contributed by atoms with E-state index in [4.69, 9.17) is 33.2 Å². The lowest BCUT2D eigenvalue weighted by Crippen LogP contribution is -2.31. The molecule has 1 unspecified atom stereocenters. The van der Waals surface area contributed by atoms with Gasteiger partial charge in [0.2, 0.25) is 0 Å². The van der Waals surface area contributed by atoms with Crippen molar-refractivity contribution in [3.05, 3.63) is 0 Å². The molecule has 0 aliphatic carbocycles. The molecule has 0 amide bonds. The minimum atomic E-state index is -0.810. The van der Waals surface area contributed by atoms with Crippen LogP contribution in [-0.4, -0.2) is 125 Å². The molecular weight excluding hydrogens is 859 g/mol. The highest BCUT2D eigenvalue weighted by Crippen LogP contribution is 2.21. The second-order valence-corrected chi connectivity index (χ2v) is 18.4. The molecule has 14 heteroatoms. The van der Waals surface area contributed by atoms with Gasteiger partial charge in [0, 0.05) is 44.8 Å². The molecule has 0 aliphatic rings. The Morgan fingerprint density at radius 3 is 1.34 bits per heavy atom. The lowest BCUT2D eigenvalue weighted by Gasteiger charge is -2.25.